The molecule has 0 heterocycles. The number of anilines is 1. The molecular formula is C21H29N3O7S2. The molecule has 0 aliphatic heterocycles. The summed E-state index contributed by atoms with van der Waals surface area (Å²) in [6, 6.07) is 11.3. The fourth-order valence-corrected chi connectivity index (χ4v) is 5.02. The number of benzene rings is 2. The van der Waals surface area contributed by atoms with Crippen LogP contribution in [0.15, 0.2) is 53.4 Å². The van der Waals surface area contributed by atoms with Gasteiger partial charge in [-0.25, -0.2) is 21.1 Å². The van der Waals surface area contributed by atoms with Crippen LogP contribution in [0.25, 0.3) is 0 Å². The molecule has 0 aliphatic carbocycles. The third-order valence-electron chi connectivity index (χ3n) is 4.69. The molecule has 0 saturated heterocycles. The molecule has 0 unspecified atom stereocenters. The van der Waals surface area contributed by atoms with Crippen molar-refractivity contribution in [3.8, 4) is 11.5 Å². The van der Waals surface area contributed by atoms with Gasteiger partial charge in [0.05, 0.1) is 30.5 Å². The van der Waals surface area contributed by atoms with E-state index in [0.717, 1.165) is 14.9 Å². The van der Waals surface area contributed by atoms with Gasteiger partial charge in [-0.15, -0.1) is 0 Å². The molecule has 0 aromatic heterocycles. The van der Waals surface area contributed by atoms with Gasteiger partial charge in [-0.3, -0.25) is 9.10 Å². The first kappa shape index (κ1) is 26.4. The second-order valence-electron chi connectivity index (χ2n) is 7.33. The SMILES string of the molecule is COc1ccc(N([C@@H](C)C(=O)NCCOc2ccc(S(=O)(=O)N(C)C)cc2)S(C)(=O)=O)cc1. The number of carbonyl (C=O) groups is 1. The van der Waals surface area contributed by atoms with Crippen LogP contribution in [0, 0.1) is 0 Å². The summed E-state index contributed by atoms with van der Waals surface area (Å²) >= 11 is 0. The molecule has 0 saturated carbocycles. The second-order valence-corrected chi connectivity index (χ2v) is 11.3. The molecule has 2 rings (SSSR count). The van der Waals surface area contributed by atoms with E-state index in [-0.39, 0.29) is 18.0 Å². The molecular weight excluding hydrogens is 470 g/mol. The van der Waals surface area contributed by atoms with Crippen molar-refractivity contribution in [3.05, 3.63) is 48.5 Å². The average molecular weight is 500 g/mol. The molecule has 0 radical (unpaired) electrons. The highest BCUT2D eigenvalue weighted by Gasteiger charge is 2.29. The van der Waals surface area contributed by atoms with Crippen LogP contribution in [0.1, 0.15) is 6.92 Å². The lowest BCUT2D eigenvalue weighted by Crippen LogP contribution is -2.48. The zero-order valence-corrected chi connectivity index (χ0v) is 20.8. The van der Waals surface area contributed by atoms with E-state index >= 15 is 0 Å². The largest absolute Gasteiger partial charge is 0.497 e. The van der Waals surface area contributed by atoms with Crippen LogP contribution >= 0.6 is 0 Å². The van der Waals surface area contributed by atoms with Crippen molar-refractivity contribution in [2.24, 2.45) is 0 Å². The lowest BCUT2D eigenvalue weighted by Gasteiger charge is -2.28. The van der Waals surface area contributed by atoms with E-state index in [1.165, 1.54) is 52.4 Å². The van der Waals surface area contributed by atoms with Crippen molar-refractivity contribution in [2.75, 3.05) is 44.9 Å². The number of nitrogens with zero attached hydrogens (tertiary/aromatic N) is 2. The number of hydrogen-bond acceptors (Lipinski definition) is 7. The van der Waals surface area contributed by atoms with Crippen LogP contribution in [0.3, 0.4) is 0 Å². The van der Waals surface area contributed by atoms with Gasteiger partial charge in [0.15, 0.2) is 0 Å². The average Bonchev–Trinajstić information content (AvgIpc) is 2.76. The van der Waals surface area contributed by atoms with Gasteiger partial charge in [0.2, 0.25) is 26.0 Å². The maximum Gasteiger partial charge on any atom is 0.243 e. The number of methoxy groups -OCH3 is 1. The van der Waals surface area contributed by atoms with Gasteiger partial charge in [0, 0.05) is 14.1 Å². The molecule has 12 heteroatoms. The van der Waals surface area contributed by atoms with Crippen LogP contribution in [-0.4, -0.2) is 73.7 Å². The second kappa shape index (κ2) is 10.9. The zero-order valence-electron chi connectivity index (χ0n) is 19.2. The Hall–Kier alpha value is -2.83. The summed E-state index contributed by atoms with van der Waals surface area (Å²) in [5.74, 6) is 0.507. The van der Waals surface area contributed by atoms with Crippen molar-refractivity contribution >= 4 is 31.6 Å². The first-order valence-corrected chi connectivity index (χ1v) is 13.2. The van der Waals surface area contributed by atoms with Crippen molar-refractivity contribution in [3.63, 3.8) is 0 Å². The molecule has 1 N–H and O–H groups in total. The molecule has 0 bridgehead atoms. The zero-order chi connectivity index (χ0) is 24.8. The van der Waals surface area contributed by atoms with Gasteiger partial charge in [-0.05, 0) is 55.5 Å². The molecule has 0 spiro atoms. The summed E-state index contributed by atoms with van der Waals surface area (Å²) in [6.45, 7) is 1.73. The van der Waals surface area contributed by atoms with Crippen LogP contribution in [0.5, 0.6) is 11.5 Å². The number of nitrogens with one attached hydrogen (secondary N) is 1. The molecule has 10 nitrogen and oxygen atoms in total. The molecule has 1 amide bonds. The maximum atomic E-state index is 12.6. The molecule has 182 valence electrons. The quantitative estimate of drug-likeness (QED) is 0.462. The molecule has 33 heavy (non-hydrogen) atoms. The summed E-state index contributed by atoms with van der Waals surface area (Å²) in [5.41, 5.74) is 0.338. The third-order valence-corrected chi connectivity index (χ3v) is 7.76. The van der Waals surface area contributed by atoms with Gasteiger partial charge >= 0.3 is 0 Å². The first-order chi connectivity index (χ1) is 15.4. The minimum atomic E-state index is -3.73. The van der Waals surface area contributed by atoms with Crippen LogP contribution < -0.4 is 19.1 Å². The van der Waals surface area contributed by atoms with Crippen LogP contribution in [0.4, 0.5) is 5.69 Å². The van der Waals surface area contributed by atoms with Crippen LogP contribution in [-0.2, 0) is 24.8 Å². The predicted octanol–water partition coefficient (Wildman–Crippen LogP) is 1.30. The third kappa shape index (κ3) is 6.83. The van der Waals surface area contributed by atoms with Crippen molar-refractivity contribution in [1.82, 2.24) is 9.62 Å². The van der Waals surface area contributed by atoms with E-state index in [9.17, 15) is 21.6 Å². The normalized spacial score (nSPS) is 12.8. The number of carbonyl (C=O) groups excluding carboxylic acids is 1. The predicted molar refractivity (Wildman–Crippen MR) is 126 cm³/mol. The minimum absolute atomic E-state index is 0.111. The van der Waals surface area contributed by atoms with E-state index in [0.29, 0.717) is 17.2 Å². The standard InChI is InChI=1S/C21H29N3O7S2/c1-16(24(32(5,26)27)17-6-8-18(30-4)9-7-17)21(25)22-14-15-31-19-10-12-20(13-11-19)33(28,29)23(2)3/h6-13,16H,14-15H2,1-5H3,(H,22,25)/t16-/m0/s1. The Kier molecular flexibility index (Phi) is 8.69. The van der Waals surface area contributed by atoms with Gasteiger partial charge in [0.25, 0.3) is 0 Å². The molecule has 0 aliphatic rings. The number of sulfonamides is 2. The van der Waals surface area contributed by atoms with Gasteiger partial charge in [-0.1, -0.05) is 0 Å². The van der Waals surface area contributed by atoms with E-state index < -0.39 is 32.0 Å². The van der Waals surface area contributed by atoms with Crippen molar-refractivity contribution < 1.29 is 31.1 Å². The summed E-state index contributed by atoms with van der Waals surface area (Å²) in [7, 11) is -2.86. The monoisotopic (exact) mass is 499 g/mol. The Morgan fingerprint density at radius 3 is 2.00 bits per heavy atom. The highest BCUT2D eigenvalue weighted by atomic mass is 32.2. The van der Waals surface area contributed by atoms with Crippen molar-refractivity contribution in [2.45, 2.75) is 17.9 Å². The Labute approximate surface area is 195 Å². The fraction of sp³-hybridized carbons (Fsp3) is 0.381. The van der Waals surface area contributed by atoms with E-state index in [2.05, 4.69) is 5.32 Å². The lowest BCUT2D eigenvalue weighted by atomic mass is 10.2. The Balaban J connectivity index is 1.96. The number of rotatable bonds is 11. The maximum absolute atomic E-state index is 12.6. The Morgan fingerprint density at radius 2 is 1.52 bits per heavy atom. The number of hydrogen-bond donors (Lipinski definition) is 1. The molecule has 2 aromatic carbocycles. The Bertz CT molecular complexity index is 1150. The highest BCUT2D eigenvalue weighted by Crippen LogP contribution is 2.24. The van der Waals surface area contributed by atoms with E-state index in [1.54, 1.807) is 24.3 Å². The van der Waals surface area contributed by atoms with Gasteiger partial charge < -0.3 is 14.8 Å². The first-order valence-electron chi connectivity index (χ1n) is 9.94. The van der Waals surface area contributed by atoms with Crippen molar-refractivity contribution in [1.29, 1.82) is 0 Å². The molecule has 1 atom stereocenters. The van der Waals surface area contributed by atoms with Gasteiger partial charge in [-0.2, -0.15) is 0 Å². The smallest absolute Gasteiger partial charge is 0.243 e. The summed E-state index contributed by atoms with van der Waals surface area (Å²) in [6.07, 6.45) is 1.03. The van der Waals surface area contributed by atoms with E-state index in [1.807, 2.05) is 0 Å². The highest BCUT2D eigenvalue weighted by molar-refractivity contribution is 7.92. The summed E-state index contributed by atoms with van der Waals surface area (Å²) < 4.78 is 61.6. The van der Waals surface area contributed by atoms with E-state index in [4.69, 9.17) is 9.47 Å². The van der Waals surface area contributed by atoms with Crippen LogP contribution in [0.2, 0.25) is 0 Å². The summed E-state index contributed by atoms with van der Waals surface area (Å²) in [5, 5.41) is 2.65. The minimum Gasteiger partial charge on any atom is -0.497 e. The summed E-state index contributed by atoms with van der Waals surface area (Å²) in [4.78, 5) is 12.7. The number of ether oxygens (including phenoxy) is 2. The fourth-order valence-electron chi connectivity index (χ4n) is 2.95. The topological polar surface area (TPSA) is 122 Å². The molecule has 0 fully saturated rings. The lowest BCUT2D eigenvalue weighted by molar-refractivity contribution is -0.121. The van der Waals surface area contributed by atoms with Gasteiger partial charge in [0.1, 0.15) is 24.1 Å². The molecule has 2 aromatic rings. The Morgan fingerprint density at radius 1 is 0.970 bits per heavy atom. The number of amides is 1.